The van der Waals surface area contributed by atoms with Crippen molar-refractivity contribution in [2.24, 2.45) is 5.73 Å². The third kappa shape index (κ3) is 2.50. The van der Waals surface area contributed by atoms with Crippen molar-refractivity contribution in [3.63, 3.8) is 0 Å². The molecule has 1 aliphatic heterocycles. The summed E-state index contributed by atoms with van der Waals surface area (Å²) in [5.41, 5.74) is 6.08. The van der Waals surface area contributed by atoms with E-state index in [1.165, 1.54) is 4.90 Å². The van der Waals surface area contributed by atoms with Gasteiger partial charge in [0, 0.05) is 25.2 Å². The first-order valence-electron chi connectivity index (χ1n) is 5.58. The van der Waals surface area contributed by atoms with Gasteiger partial charge in [-0.05, 0) is 12.1 Å². The van der Waals surface area contributed by atoms with Gasteiger partial charge in [-0.15, -0.1) is 0 Å². The Morgan fingerprint density at radius 3 is 2.76 bits per heavy atom. The summed E-state index contributed by atoms with van der Waals surface area (Å²) < 4.78 is 11.1. The minimum absolute atomic E-state index is 0.00899. The Labute approximate surface area is 100 Å². The van der Waals surface area contributed by atoms with E-state index in [-0.39, 0.29) is 12.5 Å². The van der Waals surface area contributed by atoms with Crippen LogP contribution in [0, 0.1) is 0 Å². The number of benzene rings is 1. The molecule has 1 aromatic carbocycles. The standard InChI is InChI=1S/C12H16N2O3/c1-14(12(15)8-13)9-3-4-10-11(7-9)17-6-2-5-16-10/h3-4,7H,2,5-6,8,13H2,1H3. The van der Waals surface area contributed by atoms with Gasteiger partial charge in [-0.2, -0.15) is 0 Å². The Hall–Kier alpha value is -1.75. The lowest BCUT2D eigenvalue weighted by atomic mass is 10.2. The number of nitrogens with zero attached hydrogens (tertiary/aromatic N) is 1. The highest BCUT2D eigenvalue weighted by Crippen LogP contribution is 2.33. The van der Waals surface area contributed by atoms with E-state index in [0.29, 0.717) is 19.0 Å². The Morgan fingerprint density at radius 2 is 2.06 bits per heavy atom. The van der Waals surface area contributed by atoms with Gasteiger partial charge >= 0.3 is 0 Å². The number of anilines is 1. The topological polar surface area (TPSA) is 64.8 Å². The number of hydrogen-bond donors (Lipinski definition) is 1. The number of carbonyl (C=O) groups is 1. The van der Waals surface area contributed by atoms with Gasteiger partial charge < -0.3 is 20.1 Å². The number of fused-ring (bicyclic) bond motifs is 1. The predicted molar refractivity (Wildman–Crippen MR) is 64.5 cm³/mol. The fourth-order valence-corrected chi connectivity index (χ4v) is 1.64. The Bertz CT molecular complexity index is 420. The molecule has 0 bridgehead atoms. The minimum atomic E-state index is -0.139. The molecule has 2 rings (SSSR count). The maximum absolute atomic E-state index is 11.5. The highest BCUT2D eigenvalue weighted by molar-refractivity contribution is 5.94. The molecule has 1 heterocycles. The lowest BCUT2D eigenvalue weighted by Crippen LogP contribution is -2.32. The molecule has 0 aliphatic carbocycles. The van der Waals surface area contributed by atoms with Crippen LogP contribution in [0.3, 0.4) is 0 Å². The number of rotatable bonds is 2. The summed E-state index contributed by atoms with van der Waals surface area (Å²) in [5.74, 6) is 1.26. The van der Waals surface area contributed by atoms with Crippen LogP contribution in [0.5, 0.6) is 11.5 Å². The van der Waals surface area contributed by atoms with Crippen molar-refractivity contribution in [1.82, 2.24) is 0 Å². The van der Waals surface area contributed by atoms with Crippen LogP contribution < -0.4 is 20.1 Å². The number of carbonyl (C=O) groups excluding carboxylic acids is 1. The molecule has 0 spiro atoms. The zero-order chi connectivity index (χ0) is 12.3. The zero-order valence-electron chi connectivity index (χ0n) is 9.81. The van der Waals surface area contributed by atoms with E-state index in [1.807, 2.05) is 12.1 Å². The van der Waals surface area contributed by atoms with E-state index in [1.54, 1.807) is 13.1 Å². The number of hydrogen-bond acceptors (Lipinski definition) is 4. The van der Waals surface area contributed by atoms with Crippen LogP contribution in [-0.2, 0) is 4.79 Å². The van der Waals surface area contributed by atoms with Gasteiger partial charge in [-0.25, -0.2) is 0 Å². The first-order chi connectivity index (χ1) is 8.22. The highest BCUT2D eigenvalue weighted by atomic mass is 16.5. The molecule has 1 aromatic rings. The molecule has 0 atom stereocenters. The summed E-state index contributed by atoms with van der Waals surface area (Å²) in [6.07, 6.45) is 0.863. The van der Waals surface area contributed by atoms with Crippen molar-refractivity contribution in [2.75, 3.05) is 31.7 Å². The molecular formula is C12H16N2O3. The number of nitrogens with two attached hydrogens (primary N) is 1. The van der Waals surface area contributed by atoms with Gasteiger partial charge in [0.1, 0.15) is 0 Å². The van der Waals surface area contributed by atoms with Crippen LogP contribution in [0.2, 0.25) is 0 Å². The van der Waals surface area contributed by atoms with Crippen molar-refractivity contribution in [1.29, 1.82) is 0 Å². The van der Waals surface area contributed by atoms with Gasteiger partial charge in [0.2, 0.25) is 5.91 Å². The van der Waals surface area contributed by atoms with E-state index in [2.05, 4.69) is 0 Å². The van der Waals surface area contributed by atoms with Crippen LogP contribution in [0.4, 0.5) is 5.69 Å². The molecule has 0 unspecified atom stereocenters. The number of likely N-dealkylation sites (N-methyl/N-ethyl adjacent to an activating group) is 1. The molecular weight excluding hydrogens is 220 g/mol. The molecule has 1 amide bonds. The summed E-state index contributed by atoms with van der Waals surface area (Å²) in [7, 11) is 1.69. The summed E-state index contributed by atoms with van der Waals surface area (Å²) in [4.78, 5) is 13.0. The van der Waals surface area contributed by atoms with Gasteiger partial charge in [0.05, 0.1) is 19.8 Å². The maximum atomic E-state index is 11.5. The van der Waals surface area contributed by atoms with E-state index in [4.69, 9.17) is 15.2 Å². The Balaban J connectivity index is 2.26. The molecule has 0 fully saturated rings. The second kappa shape index (κ2) is 5.05. The van der Waals surface area contributed by atoms with Crippen LogP contribution in [-0.4, -0.2) is 32.7 Å². The van der Waals surface area contributed by atoms with Gasteiger partial charge in [-0.1, -0.05) is 0 Å². The Morgan fingerprint density at radius 1 is 1.35 bits per heavy atom. The summed E-state index contributed by atoms with van der Waals surface area (Å²) in [6, 6.07) is 5.44. The first kappa shape index (κ1) is 11.7. The molecule has 17 heavy (non-hydrogen) atoms. The van der Waals surface area contributed by atoms with Crippen LogP contribution in [0.25, 0.3) is 0 Å². The fraction of sp³-hybridized carbons (Fsp3) is 0.417. The van der Waals surface area contributed by atoms with E-state index in [0.717, 1.165) is 17.9 Å². The number of amides is 1. The van der Waals surface area contributed by atoms with E-state index in [9.17, 15) is 4.79 Å². The minimum Gasteiger partial charge on any atom is -0.490 e. The van der Waals surface area contributed by atoms with E-state index < -0.39 is 0 Å². The van der Waals surface area contributed by atoms with Crippen LogP contribution in [0.15, 0.2) is 18.2 Å². The fourth-order valence-electron chi connectivity index (χ4n) is 1.64. The predicted octanol–water partition coefficient (Wildman–Crippen LogP) is 0.769. The Kier molecular flexibility index (Phi) is 3.49. The van der Waals surface area contributed by atoms with Crippen molar-refractivity contribution in [3.8, 4) is 11.5 Å². The second-order valence-corrected chi connectivity index (χ2v) is 3.84. The van der Waals surface area contributed by atoms with Gasteiger partial charge in [0.15, 0.2) is 11.5 Å². The van der Waals surface area contributed by atoms with Crippen molar-refractivity contribution < 1.29 is 14.3 Å². The molecule has 0 saturated heterocycles. The SMILES string of the molecule is CN(C(=O)CN)c1ccc2c(c1)OCCCO2. The molecule has 2 N–H and O–H groups in total. The number of ether oxygens (including phenoxy) is 2. The van der Waals surface area contributed by atoms with Crippen molar-refractivity contribution in [2.45, 2.75) is 6.42 Å². The maximum Gasteiger partial charge on any atom is 0.240 e. The third-order valence-corrected chi connectivity index (χ3v) is 2.67. The molecule has 0 aromatic heterocycles. The van der Waals surface area contributed by atoms with Crippen molar-refractivity contribution >= 4 is 11.6 Å². The monoisotopic (exact) mass is 236 g/mol. The first-order valence-corrected chi connectivity index (χ1v) is 5.58. The van der Waals surface area contributed by atoms with Crippen LogP contribution >= 0.6 is 0 Å². The molecule has 5 nitrogen and oxygen atoms in total. The smallest absolute Gasteiger partial charge is 0.240 e. The third-order valence-electron chi connectivity index (χ3n) is 2.67. The molecule has 0 saturated carbocycles. The van der Waals surface area contributed by atoms with E-state index >= 15 is 0 Å². The molecule has 92 valence electrons. The lowest BCUT2D eigenvalue weighted by Gasteiger charge is -2.18. The molecule has 5 heteroatoms. The zero-order valence-corrected chi connectivity index (χ0v) is 9.81. The van der Waals surface area contributed by atoms with Gasteiger partial charge in [0.25, 0.3) is 0 Å². The normalized spacial score (nSPS) is 14.0. The average Bonchev–Trinajstić information content (AvgIpc) is 2.61. The quantitative estimate of drug-likeness (QED) is 0.823. The average molecular weight is 236 g/mol. The van der Waals surface area contributed by atoms with Gasteiger partial charge in [-0.3, -0.25) is 4.79 Å². The van der Waals surface area contributed by atoms with Crippen LogP contribution in [0.1, 0.15) is 6.42 Å². The summed E-state index contributed by atoms with van der Waals surface area (Å²) in [6.45, 7) is 1.28. The largest absolute Gasteiger partial charge is 0.490 e. The van der Waals surface area contributed by atoms with Crippen molar-refractivity contribution in [3.05, 3.63) is 18.2 Å². The molecule has 0 radical (unpaired) electrons. The summed E-state index contributed by atoms with van der Waals surface area (Å²) >= 11 is 0. The summed E-state index contributed by atoms with van der Waals surface area (Å²) in [5, 5.41) is 0. The lowest BCUT2D eigenvalue weighted by molar-refractivity contribution is -0.117. The highest BCUT2D eigenvalue weighted by Gasteiger charge is 2.14. The second-order valence-electron chi connectivity index (χ2n) is 3.84. The molecule has 1 aliphatic rings.